The monoisotopic (exact) mass is 490 g/mol. The van der Waals surface area contributed by atoms with Crippen LogP contribution in [0.3, 0.4) is 0 Å². The lowest BCUT2D eigenvalue weighted by Crippen LogP contribution is -2.38. The Labute approximate surface area is 206 Å². The number of rotatable bonds is 7. The first-order chi connectivity index (χ1) is 16.8. The maximum Gasteiger partial charge on any atom is 0.269 e. The Bertz CT molecular complexity index is 1470. The Balaban J connectivity index is 1.88. The first-order valence-electron chi connectivity index (χ1n) is 11.2. The smallest absolute Gasteiger partial charge is 0.269 e. The van der Waals surface area contributed by atoms with Crippen LogP contribution in [0.1, 0.15) is 42.5 Å². The van der Waals surface area contributed by atoms with Crippen molar-refractivity contribution in [1.82, 2.24) is 14.5 Å². The minimum atomic E-state index is -0.605. The maximum absolute atomic E-state index is 13.6. The van der Waals surface area contributed by atoms with E-state index in [4.69, 9.17) is 16.6 Å². The highest BCUT2D eigenvalue weighted by Crippen LogP contribution is 2.27. The summed E-state index contributed by atoms with van der Waals surface area (Å²) >= 11 is 6.48. The highest BCUT2D eigenvalue weighted by molar-refractivity contribution is 6.32. The van der Waals surface area contributed by atoms with Crippen molar-refractivity contribution < 1.29 is 9.72 Å². The number of non-ortho nitro benzene ring substituents is 1. The molecule has 4 rings (SSSR count). The van der Waals surface area contributed by atoms with Gasteiger partial charge in [0.15, 0.2) is 0 Å². The summed E-state index contributed by atoms with van der Waals surface area (Å²) in [4.78, 5) is 44.0. The first-order valence-corrected chi connectivity index (χ1v) is 11.5. The number of carbonyl (C=O) groups excluding carboxylic acids is 1. The molecule has 1 atom stereocenters. The molecule has 35 heavy (non-hydrogen) atoms. The van der Waals surface area contributed by atoms with Crippen LogP contribution < -0.4 is 5.56 Å². The van der Waals surface area contributed by atoms with Crippen molar-refractivity contribution in [1.29, 1.82) is 0 Å². The number of nitro benzene ring substituents is 1. The zero-order valence-electron chi connectivity index (χ0n) is 19.2. The molecule has 0 fully saturated rings. The van der Waals surface area contributed by atoms with Crippen molar-refractivity contribution in [2.24, 2.45) is 0 Å². The number of halogens is 1. The molecule has 0 aliphatic rings. The van der Waals surface area contributed by atoms with Gasteiger partial charge in [-0.15, -0.1) is 0 Å². The van der Waals surface area contributed by atoms with Gasteiger partial charge in [0, 0.05) is 24.2 Å². The normalized spacial score (nSPS) is 11.9. The fourth-order valence-corrected chi connectivity index (χ4v) is 4.26. The quantitative estimate of drug-likeness (QED) is 0.249. The van der Waals surface area contributed by atoms with Gasteiger partial charge in [0.25, 0.3) is 17.2 Å². The highest BCUT2D eigenvalue weighted by atomic mass is 35.5. The third-order valence-corrected chi connectivity index (χ3v) is 6.11. The topological polar surface area (TPSA) is 98.3 Å². The fraction of sp³-hybridized carbons (Fsp3) is 0.192. The Kier molecular flexibility index (Phi) is 6.93. The summed E-state index contributed by atoms with van der Waals surface area (Å²) in [6.45, 7) is 4.14. The zero-order chi connectivity index (χ0) is 25.1. The van der Waals surface area contributed by atoms with E-state index in [2.05, 4.69) is 0 Å². The second-order valence-corrected chi connectivity index (χ2v) is 8.46. The molecule has 8 nitrogen and oxygen atoms in total. The number of hydrogen-bond acceptors (Lipinski definition) is 5. The van der Waals surface area contributed by atoms with Crippen LogP contribution in [-0.4, -0.2) is 31.8 Å². The summed E-state index contributed by atoms with van der Waals surface area (Å²) in [6.07, 6.45) is 0.660. The van der Waals surface area contributed by atoms with E-state index < -0.39 is 11.0 Å². The van der Waals surface area contributed by atoms with Crippen LogP contribution in [0, 0.1) is 10.1 Å². The molecule has 0 N–H and O–H groups in total. The van der Waals surface area contributed by atoms with Gasteiger partial charge in [-0.25, -0.2) is 4.98 Å². The molecule has 3 aromatic carbocycles. The Morgan fingerprint density at radius 1 is 1.09 bits per heavy atom. The molecule has 0 saturated carbocycles. The average Bonchev–Trinajstić information content (AvgIpc) is 2.87. The lowest BCUT2D eigenvalue weighted by Gasteiger charge is -2.30. The third kappa shape index (κ3) is 4.65. The molecule has 178 valence electrons. The van der Waals surface area contributed by atoms with E-state index >= 15 is 0 Å². The van der Waals surface area contributed by atoms with Gasteiger partial charge in [-0.2, -0.15) is 0 Å². The van der Waals surface area contributed by atoms with Crippen molar-refractivity contribution in [3.63, 3.8) is 0 Å². The van der Waals surface area contributed by atoms with Gasteiger partial charge < -0.3 is 4.90 Å². The number of aromatic nitrogens is 2. The largest absolute Gasteiger partial charge is 0.329 e. The molecule has 1 amide bonds. The molecule has 0 aliphatic heterocycles. The van der Waals surface area contributed by atoms with E-state index in [0.717, 1.165) is 0 Å². The zero-order valence-corrected chi connectivity index (χ0v) is 20.0. The highest BCUT2D eigenvalue weighted by Gasteiger charge is 2.28. The Morgan fingerprint density at radius 3 is 2.40 bits per heavy atom. The lowest BCUT2D eigenvalue weighted by molar-refractivity contribution is -0.384. The standard InChI is InChI=1S/C26H23ClN4O4/c1-3-16-29(25(32)18-12-14-19(15-13-18)31(34)35)17(2)24-28-22-10-6-4-8-20(22)26(33)30(24)23-11-7-5-9-21(23)27/h4-15,17H,3,16H2,1-2H3. The minimum absolute atomic E-state index is 0.0969. The molecule has 0 aliphatic carbocycles. The molecule has 0 bridgehead atoms. The van der Waals surface area contributed by atoms with Gasteiger partial charge >= 0.3 is 0 Å². The summed E-state index contributed by atoms with van der Waals surface area (Å²) in [5.74, 6) is 0.0490. The molecule has 1 heterocycles. The van der Waals surface area contributed by atoms with Crippen molar-refractivity contribution in [3.05, 3.63) is 110 Å². The number of fused-ring (bicyclic) bond motifs is 1. The molecule has 1 aromatic heterocycles. The van der Waals surface area contributed by atoms with E-state index in [1.165, 1.54) is 28.8 Å². The van der Waals surface area contributed by atoms with Gasteiger partial charge in [0.1, 0.15) is 5.82 Å². The number of amides is 1. The van der Waals surface area contributed by atoms with Crippen LogP contribution in [0.5, 0.6) is 0 Å². The average molecular weight is 491 g/mol. The molecule has 1 unspecified atom stereocenters. The van der Waals surface area contributed by atoms with E-state index in [1.54, 1.807) is 53.4 Å². The van der Waals surface area contributed by atoms with E-state index in [0.29, 0.717) is 46.0 Å². The molecular weight excluding hydrogens is 468 g/mol. The predicted octanol–water partition coefficient (Wildman–Crippen LogP) is 5.56. The van der Waals surface area contributed by atoms with Crippen LogP contribution in [0.25, 0.3) is 16.6 Å². The van der Waals surface area contributed by atoms with Crippen molar-refractivity contribution >= 4 is 34.1 Å². The first kappa shape index (κ1) is 24.1. The second-order valence-electron chi connectivity index (χ2n) is 8.06. The van der Waals surface area contributed by atoms with Gasteiger partial charge in [0.2, 0.25) is 0 Å². The lowest BCUT2D eigenvalue weighted by atomic mass is 10.1. The molecule has 0 saturated heterocycles. The number of nitro groups is 1. The van der Waals surface area contributed by atoms with E-state index in [1.807, 2.05) is 13.8 Å². The van der Waals surface area contributed by atoms with Crippen LogP contribution in [-0.2, 0) is 0 Å². The SMILES string of the molecule is CCCN(C(=O)c1ccc([N+](=O)[O-])cc1)C(C)c1nc2ccccc2c(=O)n1-c1ccccc1Cl. The summed E-state index contributed by atoms with van der Waals surface area (Å²) in [6, 6.07) is 18.9. The predicted molar refractivity (Wildman–Crippen MR) is 135 cm³/mol. The molecule has 0 spiro atoms. The van der Waals surface area contributed by atoms with Crippen LogP contribution in [0.2, 0.25) is 5.02 Å². The van der Waals surface area contributed by atoms with Gasteiger partial charge in [0.05, 0.1) is 32.6 Å². The van der Waals surface area contributed by atoms with Crippen LogP contribution in [0.15, 0.2) is 77.6 Å². The second kappa shape index (κ2) is 10.1. The number of nitrogens with zero attached hydrogens (tertiary/aromatic N) is 4. The number of carbonyl (C=O) groups is 1. The van der Waals surface area contributed by atoms with Crippen molar-refractivity contribution in [2.75, 3.05) is 6.54 Å². The molecule has 9 heteroatoms. The van der Waals surface area contributed by atoms with Gasteiger partial charge in [-0.3, -0.25) is 24.3 Å². The fourth-order valence-electron chi connectivity index (χ4n) is 4.04. The van der Waals surface area contributed by atoms with Gasteiger partial charge in [-0.1, -0.05) is 42.8 Å². The Morgan fingerprint density at radius 2 is 1.74 bits per heavy atom. The van der Waals surface area contributed by atoms with Crippen LogP contribution in [0.4, 0.5) is 5.69 Å². The number of benzene rings is 3. The summed E-state index contributed by atoms with van der Waals surface area (Å²) in [7, 11) is 0. The summed E-state index contributed by atoms with van der Waals surface area (Å²) in [5.41, 5.74) is 0.911. The Hall–Kier alpha value is -4.04. The molecule has 0 radical (unpaired) electrons. The van der Waals surface area contributed by atoms with E-state index in [9.17, 15) is 19.7 Å². The van der Waals surface area contributed by atoms with E-state index in [-0.39, 0.29) is 17.2 Å². The summed E-state index contributed by atoms with van der Waals surface area (Å²) in [5, 5.41) is 11.8. The minimum Gasteiger partial charge on any atom is -0.329 e. The summed E-state index contributed by atoms with van der Waals surface area (Å²) < 4.78 is 1.46. The number of para-hydroxylation sites is 2. The van der Waals surface area contributed by atoms with Crippen LogP contribution >= 0.6 is 11.6 Å². The number of hydrogen-bond donors (Lipinski definition) is 0. The van der Waals surface area contributed by atoms with Crippen molar-refractivity contribution in [2.45, 2.75) is 26.3 Å². The maximum atomic E-state index is 13.6. The molecular formula is C26H23ClN4O4. The van der Waals surface area contributed by atoms with Gasteiger partial charge in [-0.05, 0) is 49.7 Å². The third-order valence-electron chi connectivity index (χ3n) is 5.79. The van der Waals surface area contributed by atoms with Crippen molar-refractivity contribution in [3.8, 4) is 5.69 Å². The molecule has 4 aromatic rings.